The predicted octanol–water partition coefficient (Wildman–Crippen LogP) is 7.38. The maximum atomic E-state index is 11.7. The van der Waals surface area contributed by atoms with Crippen molar-refractivity contribution >= 4 is 11.9 Å². The molecule has 0 aromatic heterocycles. The Kier molecular flexibility index (Phi) is 20.9. The smallest absolute Gasteiger partial charge is 0.305 e. The minimum Gasteiger partial charge on any atom is -0.466 e. The largest absolute Gasteiger partial charge is 0.466 e. The van der Waals surface area contributed by atoms with Gasteiger partial charge in [0, 0.05) is 12.8 Å². The van der Waals surface area contributed by atoms with Crippen LogP contribution in [0.15, 0.2) is 0 Å². The molecule has 0 spiro atoms. The van der Waals surface area contributed by atoms with Crippen LogP contribution in [0.4, 0.5) is 0 Å². The zero-order valence-corrected chi connectivity index (χ0v) is 19.6. The van der Waals surface area contributed by atoms with Crippen molar-refractivity contribution in [1.29, 1.82) is 0 Å². The third kappa shape index (κ3) is 21.5. The number of carbonyl (C=O) groups excluding carboxylic acids is 2. The zero-order chi connectivity index (χ0) is 21.6. The molecular weight excluding hydrogens is 364 g/mol. The summed E-state index contributed by atoms with van der Waals surface area (Å²) < 4.78 is 10.5. The molecule has 0 heterocycles. The lowest BCUT2D eigenvalue weighted by molar-refractivity contribution is -0.146. The lowest BCUT2D eigenvalue weighted by atomic mass is 10.1. The van der Waals surface area contributed by atoms with Gasteiger partial charge in [0.2, 0.25) is 0 Å². The van der Waals surface area contributed by atoms with Crippen LogP contribution in [0.25, 0.3) is 0 Å². The summed E-state index contributed by atoms with van der Waals surface area (Å²) in [6.45, 7) is 7.60. The summed E-state index contributed by atoms with van der Waals surface area (Å²) in [5.74, 6) is 0.308. The van der Waals surface area contributed by atoms with Gasteiger partial charge in [-0.05, 0) is 31.6 Å². The SMILES string of the molecule is CCCCCCCCCCCCCOC(=O)CCCCC(=O)OCCC(C)CC. The van der Waals surface area contributed by atoms with E-state index in [4.69, 9.17) is 9.47 Å². The van der Waals surface area contributed by atoms with Gasteiger partial charge in [-0.15, -0.1) is 0 Å². The summed E-state index contributed by atoms with van der Waals surface area (Å²) in [7, 11) is 0. The summed E-state index contributed by atoms with van der Waals surface area (Å²) in [5.41, 5.74) is 0. The van der Waals surface area contributed by atoms with Crippen molar-refractivity contribution in [3.63, 3.8) is 0 Å². The Balaban J connectivity index is 3.31. The number of ether oxygens (including phenoxy) is 2. The summed E-state index contributed by atoms with van der Waals surface area (Å²) in [5, 5.41) is 0. The molecule has 0 saturated heterocycles. The summed E-state index contributed by atoms with van der Waals surface area (Å²) in [6.07, 6.45) is 18.4. The monoisotopic (exact) mass is 412 g/mol. The second kappa shape index (κ2) is 21.6. The Morgan fingerprint density at radius 1 is 0.621 bits per heavy atom. The molecule has 1 atom stereocenters. The van der Waals surface area contributed by atoms with Crippen molar-refractivity contribution in [3.05, 3.63) is 0 Å². The van der Waals surface area contributed by atoms with Gasteiger partial charge in [0.15, 0.2) is 0 Å². The Hall–Kier alpha value is -1.06. The third-order valence-corrected chi connectivity index (χ3v) is 5.59. The highest BCUT2D eigenvalue weighted by Crippen LogP contribution is 2.12. The summed E-state index contributed by atoms with van der Waals surface area (Å²) in [4.78, 5) is 23.3. The van der Waals surface area contributed by atoms with Crippen LogP contribution >= 0.6 is 0 Å². The van der Waals surface area contributed by atoms with E-state index >= 15 is 0 Å². The van der Waals surface area contributed by atoms with E-state index in [2.05, 4.69) is 20.8 Å². The molecule has 0 rings (SSSR count). The lowest BCUT2D eigenvalue weighted by Crippen LogP contribution is -2.09. The molecule has 0 amide bonds. The average Bonchev–Trinajstić information content (AvgIpc) is 2.71. The standard InChI is InChI=1S/C25H48O4/c1-4-6-7-8-9-10-11-12-13-14-17-21-28-24(26)18-15-16-19-25(27)29-22-20-23(3)5-2/h23H,4-22H2,1-3H3. The second-order valence-corrected chi connectivity index (χ2v) is 8.49. The van der Waals surface area contributed by atoms with E-state index < -0.39 is 0 Å². The Labute approximate surface area is 180 Å². The highest BCUT2D eigenvalue weighted by atomic mass is 16.5. The van der Waals surface area contributed by atoms with Crippen molar-refractivity contribution in [2.75, 3.05) is 13.2 Å². The van der Waals surface area contributed by atoms with Crippen LogP contribution in [0.2, 0.25) is 0 Å². The quantitative estimate of drug-likeness (QED) is 0.146. The fourth-order valence-electron chi connectivity index (χ4n) is 3.21. The second-order valence-electron chi connectivity index (χ2n) is 8.49. The van der Waals surface area contributed by atoms with E-state index in [9.17, 15) is 9.59 Å². The average molecular weight is 413 g/mol. The molecule has 4 heteroatoms. The molecule has 0 saturated carbocycles. The summed E-state index contributed by atoms with van der Waals surface area (Å²) >= 11 is 0. The van der Waals surface area contributed by atoms with E-state index in [1.54, 1.807) is 0 Å². The Bertz CT molecular complexity index is 381. The van der Waals surface area contributed by atoms with Gasteiger partial charge in [-0.3, -0.25) is 9.59 Å². The molecule has 0 radical (unpaired) electrons. The van der Waals surface area contributed by atoms with Gasteiger partial charge in [0.05, 0.1) is 13.2 Å². The van der Waals surface area contributed by atoms with Gasteiger partial charge < -0.3 is 9.47 Å². The molecule has 29 heavy (non-hydrogen) atoms. The van der Waals surface area contributed by atoms with E-state index in [0.29, 0.717) is 44.8 Å². The molecule has 1 unspecified atom stereocenters. The number of unbranched alkanes of at least 4 members (excludes halogenated alkanes) is 11. The molecule has 0 N–H and O–H groups in total. The fraction of sp³-hybridized carbons (Fsp3) is 0.920. The third-order valence-electron chi connectivity index (χ3n) is 5.59. The molecule has 0 aromatic carbocycles. The van der Waals surface area contributed by atoms with Gasteiger partial charge in [0.25, 0.3) is 0 Å². The molecule has 4 nitrogen and oxygen atoms in total. The van der Waals surface area contributed by atoms with E-state index in [1.165, 1.54) is 57.8 Å². The molecule has 0 bridgehead atoms. The first-order valence-electron chi connectivity index (χ1n) is 12.4. The summed E-state index contributed by atoms with van der Waals surface area (Å²) in [6, 6.07) is 0. The normalized spacial score (nSPS) is 12.0. The van der Waals surface area contributed by atoms with Gasteiger partial charge in [0.1, 0.15) is 0 Å². The first-order valence-corrected chi connectivity index (χ1v) is 12.4. The molecule has 0 aromatic rings. The van der Waals surface area contributed by atoms with Crippen molar-refractivity contribution in [2.45, 2.75) is 130 Å². The minimum absolute atomic E-state index is 0.137. The first kappa shape index (κ1) is 27.9. The molecule has 0 aliphatic rings. The topological polar surface area (TPSA) is 52.6 Å². The number of hydrogen-bond donors (Lipinski definition) is 0. The first-order chi connectivity index (χ1) is 14.1. The molecule has 0 aliphatic carbocycles. The van der Waals surface area contributed by atoms with Gasteiger partial charge in [-0.1, -0.05) is 91.4 Å². The highest BCUT2D eigenvalue weighted by Gasteiger charge is 2.07. The maximum absolute atomic E-state index is 11.7. The minimum atomic E-state index is -0.150. The zero-order valence-electron chi connectivity index (χ0n) is 19.6. The van der Waals surface area contributed by atoms with Crippen LogP contribution in [0.5, 0.6) is 0 Å². The number of rotatable bonds is 21. The fourth-order valence-corrected chi connectivity index (χ4v) is 3.21. The Morgan fingerprint density at radius 3 is 1.55 bits per heavy atom. The maximum Gasteiger partial charge on any atom is 0.305 e. The molecular formula is C25H48O4. The molecule has 0 fully saturated rings. The van der Waals surface area contributed by atoms with Crippen LogP contribution in [0.3, 0.4) is 0 Å². The van der Waals surface area contributed by atoms with Crippen LogP contribution in [0, 0.1) is 5.92 Å². The van der Waals surface area contributed by atoms with Crippen LogP contribution < -0.4 is 0 Å². The van der Waals surface area contributed by atoms with Crippen molar-refractivity contribution in [1.82, 2.24) is 0 Å². The van der Waals surface area contributed by atoms with E-state index in [1.807, 2.05) is 0 Å². The van der Waals surface area contributed by atoms with Crippen molar-refractivity contribution < 1.29 is 19.1 Å². The predicted molar refractivity (Wildman–Crippen MR) is 121 cm³/mol. The number of hydrogen-bond acceptors (Lipinski definition) is 4. The van der Waals surface area contributed by atoms with Crippen LogP contribution in [0.1, 0.15) is 130 Å². The van der Waals surface area contributed by atoms with Gasteiger partial charge in [-0.2, -0.15) is 0 Å². The lowest BCUT2D eigenvalue weighted by Gasteiger charge is -2.09. The molecule has 0 aliphatic heterocycles. The van der Waals surface area contributed by atoms with Crippen molar-refractivity contribution in [3.8, 4) is 0 Å². The van der Waals surface area contributed by atoms with E-state index in [0.717, 1.165) is 25.7 Å². The van der Waals surface area contributed by atoms with Gasteiger partial charge in [-0.25, -0.2) is 0 Å². The van der Waals surface area contributed by atoms with Crippen LogP contribution in [-0.4, -0.2) is 25.2 Å². The number of esters is 2. The highest BCUT2D eigenvalue weighted by molar-refractivity contribution is 5.70. The Morgan fingerprint density at radius 2 is 1.07 bits per heavy atom. The van der Waals surface area contributed by atoms with Crippen molar-refractivity contribution in [2.24, 2.45) is 5.92 Å². The number of carbonyl (C=O) groups is 2. The molecule has 172 valence electrons. The van der Waals surface area contributed by atoms with E-state index in [-0.39, 0.29) is 11.9 Å². The van der Waals surface area contributed by atoms with Crippen LogP contribution in [-0.2, 0) is 19.1 Å². The van der Waals surface area contributed by atoms with Gasteiger partial charge >= 0.3 is 11.9 Å².